The van der Waals surface area contributed by atoms with Crippen molar-refractivity contribution in [3.05, 3.63) is 0 Å². The first-order valence-corrected chi connectivity index (χ1v) is 7.67. The van der Waals surface area contributed by atoms with Gasteiger partial charge in [0, 0.05) is 45.3 Å². The second kappa shape index (κ2) is 5.00. The molecule has 1 atom stereocenters. The summed E-state index contributed by atoms with van der Waals surface area (Å²) in [7, 11) is -2.98. The molecule has 0 bridgehead atoms. The standard InChI is InChI=1S/C10H21N3O2S/c1-2-16(14,15)13-6-3-10(9-13)12-7-4-11-5-8-12/h10-11H,2-9H2,1H3. The lowest BCUT2D eigenvalue weighted by atomic mass is 10.2. The molecule has 94 valence electrons. The van der Waals surface area contributed by atoms with E-state index in [4.69, 9.17) is 0 Å². The number of sulfonamides is 1. The highest BCUT2D eigenvalue weighted by Crippen LogP contribution is 2.19. The summed E-state index contributed by atoms with van der Waals surface area (Å²) in [5.41, 5.74) is 0. The number of nitrogens with zero attached hydrogens (tertiary/aromatic N) is 2. The second-order valence-corrected chi connectivity index (χ2v) is 6.74. The van der Waals surface area contributed by atoms with E-state index in [1.165, 1.54) is 0 Å². The Labute approximate surface area is 97.8 Å². The normalized spacial score (nSPS) is 29.7. The Kier molecular flexibility index (Phi) is 3.84. The average molecular weight is 247 g/mol. The molecule has 5 nitrogen and oxygen atoms in total. The monoisotopic (exact) mass is 247 g/mol. The van der Waals surface area contributed by atoms with Crippen LogP contribution in [0.5, 0.6) is 0 Å². The molecule has 2 rings (SSSR count). The van der Waals surface area contributed by atoms with Gasteiger partial charge >= 0.3 is 0 Å². The van der Waals surface area contributed by atoms with Gasteiger partial charge in [-0.3, -0.25) is 4.90 Å². The molecule has 2 saturated heterocycles. The van der Waals surface area contributed by atoms with Gasteiger partial charge in [0.15, 0.2) is 0 Å². The van der Waals surface area contributed by atoms with Gasteiger partial charge in [-0.15, -0.1) is 0 Å². The molecule has 2 fully saturated rings. The zero-order chi connectivity index (χ0) is 11.6. The van der Waals surface area contributed by atoms with Crippen LogP contribution in [0.3, 0.4) is 0 Å². The largest absolute Gasteiger partial charge is 0.314 e. The van der Waals surface area contributed by atoms with Gasteiger partial charge in [0.1, 0.15) is 0 Å². The van der Waals surface area contributed by atoms with Crippen LogP contribution < -0.4 is 5.32 Å². The van der Waals surface area contributed by atoms with E-state index in [0.29, 0.717) is 19.1 Å². The summed E-state index contributed by atoms with van der Waals surface area (Å²) in [5, 5.41) is 3.32. The molecule has 6 heteroatoms. The average Bonchev–Trinajstić information content (AvgIpc) is 2.80. The molecule has 1 unspecified atom stereocenters. The van der Waals surface area contributed by atoms with Gasteiger partial charge in [-0.25, -0.2) is 12.7 Å². The molecule has 0 aromatic carbocycles. The zero-order valence-electron chi connectivity index (χ0n) is 9.85. The Hall–Kier alpha value is -0.170. The van der Waals surface area contributed by atoms with Gasteiger partial charge in [-0.2, -0.15) is 0 Å². The first-order chi connectivity index (χ1) is 7.63. The van der Waals surface area contributed by atoms with Crippen molar-refractivity contribution in [2.45, 2.75) is 19.4 Å². The van der Waals surface area contributed by atoms with E-state index in [0.717, 1.165) is 32.6 Å². The van der Waals surface area contributed by atoms with Crippen molar-refractivity contribution >= 4 is 10.0 Å². The van der Waals surface area contributed by atoms with Crippen molar-refractivity contribution in [1.82, 2.24) is 14.5 Å². The van der Waals surface area contributed by atoms with E-state index in [-0.39, 0.29) is 5.75 Å². The van der Waals surface area contributed by atoms with Crippen LogP contribution in [0.1, 0.15) is 13.3 Å². The van der Waals surface area contributed by atoms with Crippen LogP contribution >= 0.6 is 0 Å². The first kappa shape index (κ1) is 12.3. The lowest BCUT2D eigenvalue weighted by molar-refractivity contribution is 0.179. The maximum atomic E-state index is 11.7. The van der Waals surface area contributed by atoms with Crippen LogP contribution in [0.4, 0.5) is 0 Å². The quantitative estimate of drug-likeness (QED) is 0.718. The Bertz CT molecular complexity index is 325. The van der Waals surface area contributed by atoms with Gasteiger partial charge in [-0.1, -0.05) is 0 Å². The third kappa shape index (κ3) is 2.56. The third-order valence-electron chi connectivity index (χ3n) is 3.55. The molecule has 0 aromatic rings. The van der Waals surface area contributed by atoms with E-state index in [9.17, 15) is 8.42 Å². The number of piperazine rings is 1. The lowest BCUT2D eigenvalue weighted by Crippen LogP contribution is -2.49. The summed E-state index contributed by atoms with van der Waals surface area (Å²) in [5.74, 6) is 0.223. The second-order valence-electron chi connectivity index (χ2n) is 4.49. The molecule has 2 aliphatic rings. The topological polar surface area (TPSA) is 52.7 Å². The highest BCUT2D eigenvalue weighted by molar-refractivity contribution is 7.89. The van der Waals surface area contributed by atoms with E-state index >= 15 is 0 Å². The Morgan fingerprint density at radius 3 is 2.56 bits per heavy atom. The van der Waals surface area contributed by atoms with Crippen LogP contribution in [-0.4, -0.2) is 68.7 Å². The highest BCUT2D eigenvalue weighted by atomic mass is 32.2. The predicted molar refractivity (Wildman–Crippen MR) is 63.9 cm³/mol. The van der Waals surface area contributed by atoms with E-state index < -0.39 is 10.0 Å². The van der Waals surface area contributed by atoms with Gasteiger partial charge in [0.25, 0.3) is 0 Å². The lowest BCUT2D eigenvalue weighted by Gasteiger charge is -2.32. The highest BCUT2D eigenvalue weighted by Gasteiger charge is 2.33. The minimum Gasteiger partial charge on any atom is -0.314 e. The van der Waals surface area contributed by atoms with Crippen LogP contribution in [0, 0.1) is 0 Å². The predicted octanol–water partition coefficient (Wildman–Crippen LogP) is -0.684. The molecule has 1 N–H and O–H groups in total. The van der Waals surface area contributed by atoms with Crippen LogP contribution in [-0.2, 0) is 10.0 Å². The van der Waals surface area contributed by atoms with Crippen molar-refractivity contribution in [2.75, 3.05) is 45.0 Å². The summed E-state index contributed by atoms with van der Waals surface area (Å²) in [6.07, 6.45) is 0.985. The molecule has 0 amide bonds. The number of nitrogens with one attached hydrogen (secondary N) is 1. The fourth-order valence-electron chi connectivity index (χ4n) is 2.49. The summed E-state index contributed by atoms with van der Waals surface area (Å²) in [6, 6.07) is 0.434. The van der Waals surface area contributed by atoms with Gasteiger partial charge in [0.05, 0.1) is 5.75 Å². The van der Waals surface area contributed by atoms with Crippen LogP contribution in [0.15, 0.2) is 0 Å². The van der Waals surface area contributed by atoms with Crippen molar-refractivity contribution in [3.8, 4) is 0 Å². The smallest absolute Gasteiger partial charge is 0.213 e. The summed E-state index contributed by atoms with van der Waals surface area (Å²) in [4.78, 5) is 2.42. The maximum absolute atomic E-state index is 11.7. The van der Waals surface area contributed by atoms with Crippen molar-refractivity contribution in [1.29, 1.82) is 0 Å². The fourth-order valence-corrected chi connectivity index (χ4v) is 3.64. The maximum Gasteiger partial charge on any atom is 0.213 e. The minimum atomic E-state index is -2.98. The third-order valence-corrected chi connectivity index (χ3v) is 5.40. The molecule has 2 aliphatic heterocycles. The molecule has 0 aliphatic carbocycles. The molecule has 0 aromatic heterocycles. The Morgan fingerprint density at radius 2 is 1.94 bits per heavy atom. The number of hydrogen-bond donors (Lipinski definition) is 1. The number of rotatable bonds is 3. The summed E-state index contributed by atoms with van der Waals surface area (Å²) in [6.45, 7) is 7.25. The van der Waals surface area contributed by atoms with Crippen molar-refractivity contribution < 1.29 is 8.42 Å². The molecule has 0 saturated carbocycles. The Morgan fingerprint density at radius 1 is 1.25 bits per heavy atom. The Balaban J connectivity index is 1.92. The number of hydrogen-bond acceptors (Lipinski definition) is 4. The van der Waals surface area contributed by atoms with Crippen molar-refractivity contribution in [2.24, 2.45) is 0 Å². The summed E-state index contributed by atoms with van der Waals surface area (Å²) < 4.78 is 25.1. The van der Waals surface area contributed by atoms with Gasteiger partial charge < -0.3 is 5.32 Å². The van der Waals surface area contributed by atoms with Crippen LogP contribution in [0.2, 0.25) is 0 Å². The molecule has 16 heavy (non-hydrogen) atoms. The molecule has 0 spiro atoms. The van der Waals surface area contributed by atoms with E-state index in [1.807, 2.05) is 0 Å². The molecule has 0 radical (unpaired) electrons. The van der Waals surface area contributed by atoms with E-state index in [2.05, 4.69) is 10.2 Å². The minimum absolute atomic E-state index is 0.223. The fraction of sp³-hybridized carbons (Fsp3) is 1.00. The van der Waals surface area contributed by atoms with Gasteiger partial charge in [-0.05, 0) is 13.3 Å². The van der Waals surface area contributed by atoms with Gasteiger partial charge in [0.2, 0.25) is 10.0 Å². The molecule has 2 heterocycles. The van der Waals surface area contributed by atoms with E-state index in [1.54, 1.807) is 11.2 Å². The zero-order valence-corrected chi connectivity index (χ0v) is 10.7. The van der Waals surface area contributed by atoms with Crippen molar-refractivity contribution in [3.63, 3.8) is 0 Å². The van der Waals surface area contributed by atoms with Crippen LogP contribution in [0.25, 0.3) is 0 Å². The SMILES string of the molecule is CCS(=O)(=O)N1CCC(N2CCNCC2)C1. The molecular formula is C10H21N3O2S. The summed E-state index contributed by atoms with van der Waals surface area (Å²) >= 11 is 0. The first-order valence-electron chi connectivity index (χ1n) is 6.06. The molecular weight excluding hydrogens is 226 g/mol.